The van der Waals surface area contributed by atoms with E-state index in [1.807, 2.05) is 0 Å². The van der Waals surface area contributed by atoms with E-state index in [-0.39, 0.29) is 5.75 Å². The molecule has 1 radical (unpaired) electrons. The molecule has 0 unspecified atom stereocenters. The van der Waals surface area contributed by atoms with Gasteiger partial charge in [0.15, 0.2) is 0 Å². The van der Waals surface area contributed by atoms with Crippen LogP contribution in [0.15, 0.2) is 48.5 Å². The van der Waals surface area contributed by atoms with Gasteiger partial charge < -0.3 is 4.74 Å². The van der Waals surface area contributed by atoms with Gasteiger partial charge in [0.05, 0.1) is 5.56 Å². The molecule has 0 saturated heterocycles. The van der Waals surface area contributed by atoms with Gasteiger partial charge in [0.25, 0.3) is 0 Å². The van der Waals surface area contributed by atoms with Crippen LogP contribution < -0.4 is 4.74 Å². The van der Waals surface area contributed by atoms with Gasteiger partial charge in [-0.2, -0.15) is 13.2 Å². The van der Waals surface area contributed by atoms with Crippen LogP contribution in [0.25, 0.3) is 0 Å². The Morgan fingerprint density at radius 3 is 2.35 bits per heavy atom. The molecule has 0 aromatic heterocycles. The Labute approximate surface area is 96.5 Å². The van der Waals surface area contributed by atoms with Crippen LogP contribution >= 0.6 is 0 Å². The predicted octanol–water partition coefficient (Wildman–Crippen LogP) is 4.30. The minimum atomic E-state index is -4.44. The Balaban J connectivity index is 2.34. The number of benzene rings is 2. The smallest absolute Gasteiger partial charge is 0.420 e. The SMILES string of the molecule is FC(F)(F)c1c[c]ccc1Oc1ccccc1. The topological polar surface area (TPSA) is 9.23 Å². The summed E-state index contributed by atoms with van der Waals surface area (Å²) < 4.78 is 43.1. The summed E-state index contributed by atoms with van der Waals surface area (Å²) in [6, 6.07) is 14.2. The molecule has 0 aliphatic heterocycles. The van der Waals surface area contributed by atoms with Crippen molar-refractivity contribution in [3.8, 4) is 11.5 Å². The molecule has 2 aromatic rings. The second-order valence-corrected chi connectivity index (χ2v) is 3.34. The third-order valence-corrected chi connectivity index (χ3v) is 2.10. The molecular weight excluding hydrogens is 229 g/mol. The summed E-state index contributed by atoms with van der Waals surface area (Å²) in [7, 11) is 0. The Morgan fingerprint density at radius 1 is 1.00 bits per heavy atom. The van der Waals surface area contributed by atoms with Gasteiger partial charge in [-0.15, -0.1) is 0 Å². The van der Waals surface area contributed by atoms with Crippen molar-refractivity contribution in [1.82, 2.24) is 0 Å². The van der Waals surface area contributed by atoms with E-state index in [2.05, 4.69) is 6.07 Å². The first-order valence-electron chi connectivity index (χ1n) is 4.87. The minimum absolute atomic E-state index is 0.220. The molecule has 0 amide bonds. The van der Waals surface area contributed by atoms with Crippen molar-refractivity contribution >= 4 is 0 Å². The van der Waals surface area contributed by atoms with Gasteiger partial charge in [0.2, 0.25) is 0 Å². The molecule has 87 valence electrons. The summed E-state index contributed by atoms with van der Waals surface area (Å²) in [4.78, 5) is 0. The van der Waals surface area contributed by atoms with E-state index in [1.165, 1.54) is 12.1 Å². The molecule has 0 atom stereocenters. The summed E-state index contributed by atoms with van der Waals surface area (Å²) in [5.74, 6) is 0.145. The fourth-order valence-corrected chi connectivity index (χ4v) is 1.34. The van der Waals surface area contributed by atoms with Crippen molar-refractivity contribution < 1.29 is 17.9 Å². The highest BCUT2D eigenvalue weighted by atomic mass is 19.4. The summed E-state index contributed by atoms with van der Waals surface area (Å²) in [5, 5.41) is 0. The van der Waals surface area contributed by atoms with Crippen LogP contribution in [0.1, 0.15) is 5.56 Å². The monoisotopic (exact) mass is 237 g/mol. The number of hydrogen-bond donors (Lipinski definition) is 0. The van der Waals surface area contributed by atoms with Gasteiger partial charge in [0.1, 0.15) is 11.5 Å². The fourth-order valence-electron chi connectivity index (χ4n) is 1.34. The molecule has 0 aliphatic carbocycles. The average molecular weight is 237 g/mol. The molecule has 17 heavy (non-hydrogen) atoms. The first-order chi connectivity index (χ1) is 8.07. The molecule has 0 aliphatic rings. The van der Waals surface area contributed by atoms with Crippen LogP contribution in [0.5, 0.6) is 11.5 Å². The molecule has 1 nitrogen and oxygen atoms in total. The molecule has 0 N–H and O–H groups in total. The van der Waals surface area contributed by atoms with Crippen LogP contribution in [0.2, 0.25) is 0 Å². The lowest BCUT2D eigenvalue weighted by molar-refractivity contribution is -0.138. The largest absolute Gasteiger partial charge is 0.457 e. The van der Waals surface area contributed by atoms with Crippen molar-refractivity contribution in [2.45, 2.75) is 6.18 Å². The highest BCUT2D eigenvalue weighted by Gasteiger charge is 2.34. The first kappa shape index (κ1) is 11.5. The average Bonchev–Trinajstić information content (AvgIpc) is 2.30. The lowest BCUT2D eigenvalue weighted by Gasteiger charge is -2.12. The molecule has 0 heterocycles. The van der Waals surface area contributed by atoms with Crippen molar-refractivity contribution in [3.05, 3.63) is 60.2 Å². The van der Waals surface area contributed by atoms with Crippen LogP contribution in [0.3, 0.4) is 0 Å². The molecular formula is C13H8F3O. The fraction of sp³-hybridized carbons (Fsp3) is 0.0769. The van der Waals surface area contributed by atoms with Gasteiger partial charge in [-0.25, -0.2) is 0 Å². The van der Waals surface area contributed by atoms with E-state index in [4.69, 9.17) is 4.74 Å². The maximum absolute atomic E-state index is 12.7. The van der Waals surface area contributed by atoms with E-state index >= 15 is 0 Å². The lowest BCUT2D eigenvalue weighted by atomic mass is 10.2. The zero-order valence-electron chi connectivity index (χ0n) is 8.66. The number of ether oxygens (including phenoxy) is 1. The molecule has 4 heteroatoms. The zero-order chi connectivity index (χ0) is 12.3. The van der Waals surface area contributed by atoms with E-state index in [9.17, 15) is 13.2 Å². The number of halogens is 3. The summed E-state index contributed by atoms with van der Waals surface area (Å²) in [6.07, 6.45) is -4.44. The third-order valence-electron chi connectivity index (χ3n) is 2.10. The summed E-state index contributed by atoms with van der Waals surface area (Å²) in [6.45, 7) is 0. The molecule has 0 saturated carbocycles. The van der Waals surface area contributed by atoms with Crippen molar-refractivity contribution in [2.24, 2.45) is 0 Å². The van der Waals surface area contributed by atoms with Crippen LogP contribution in [0.4, 0.5) is 13.2 Å². The van der Waals surface area contributed by atoms with Gasteiger partial charge in [-0.3, -0.25) is 0 Å². The Bertz CT molecular complexity index is 492. The standard InChI is InChI=1S/C13H8F3O/c14-13(15,16)11-8-4-5-9-12(11)17-10-6-2-1-3-7-10/h1-3,5-9H. The Hall–Kier alpha value is -1.97. The third kappa shape index (κ3) is 2.78. The number of para-hydroxylation sites is 1. The predicted molar refractivity (Wildman–Crippen MR) is 56.8 cm³/mol. The second kappa shape index (κ2) is 4.49. The quantitative estimate of drug-likeness (QED) is 0.756. The van der Waals surface area contributed by atoms with Crippen LogP contribution in [-0.2, 0) is 6.18 Å². The molecule has 0 fully saturated rings. The van der Waals surface area contributed by atoms with Crippen molar-refractivity contribution in [1.29, 1.82) is 0 Å². The van der Waals surface area contributed by atoms with E-state index in [1.54, 1.807) is 30.3 Å². The van der Waals surface area contributed by atoms with Gasteiger partial charge in [0, 0.05) is 0 Å². The Kier molecular flexibility index (Phi) is 3.04. The summed E-state index contributed by atoms with van der Waals surface area (Å²) >= 11 is 0. The highest BCUT2D eigenvalue weighted by molar-refractivity contribution is 5.39. The zero-order valence-corrected chi connectivity index (χ0v) is 8.66. The van der Waals surface area contributed by atoms with Crippen LogP contribution in [0, 0.1) is 6.07 Å². The van der Waals surface area contributed by atoms with Gasteiger partial charge in [-0.1, -0.05) is 24.3 Å². The normalized spacial score (nSPS) is 11.2. The van der Waals surface area contributed by atoms with Crippen molar-refractivity contribution in [3.63, 3.8) is 0 Å². The number of rotatable bonds is 2. The number of hydrogen-bond acceptors (Lipinski definition) is 1. The van der Waals surface area contributed by atoms with Crippen molar-refractivity contribution in [2.75, 3.05) is 0 Å². The molecule has 0 spiro atoms. The lowest BCUT2D eigenvalue weighted by Crippen LogP contribution is -2.06. The van der Waals surface area contributed by atoms with E-state index in [0.29, 0.717) is 5.75 Å². The molecule has 2 rings (SSSR count). The van der Waals surface area contributed by atoms with E-state index in [0.717, 1.165) is 6.07 Å². The Morgan fingerprint density at radius 2 is 1.71 bits per heavy atom. The van der Waals surface area contributed by atoms with Gasteiger partial charge >= 0.3 is 6.18 Å². The summed E-state index contributed by atoms with van der Waals surface area (Å²) in [5.41, 5.74) is -0.830. The maximum atomic E-state index is 12.7. The second-order valence-electron chi connectivity index (χ2n) is 3.34. The minimum Gasteiger partial charge on any atom is -0.457 e. The number of alkyl halides is 3. The maximum Gasteiger partial charge on any atom is 0.420 e. The molecule has 0 bridgehead atoms. The van der Waals surface area contributed by atoms with Crippen LogP contribution in [-0.4, -0.2) is 0 Å². The highest BCUT2D eigenvalue weighted by Crippen LogP contribution is 2.37. The molecule has 2 aromatic carbocycles. The van der Waals surface area contributed by atoms with Gasteiger partial charge in [-0.05, 0) is 30.3 Å². The van der Waals surface area contributed by atoms with E-state index < -0.39 is 11.7 Å². The first-order valence-corrected chi connectivity index (χ1v) is 4.87.